The summed E-state index contributed by atoms with van der Waals surface area (Å²) in [5.41, 5.74) is 5.76. The van der Waals surface area contributed by atoms with Crippen LogP contribution in [-0.4, -0.2) is 11.5 Å². The Balaban J connectivity index is 2.54. The number of hydrogen-bond donors (Lipinski definition) is 1. The van der Waals surface area contributed by atoms with Gasteiger partial charge in [0, 0.05) is 6.20 Å². The van der Waals surface area contributed by atoms with Crippen molar-refractivity contribution < 1.29 is 4.39 Å². The molecule has 2 rings (SSSR count). The quantitative estimate of drug-likeness (QED) is 0.914. The fraction of sp³-hybridized carbons (Fsp3) is 0.353. The van der Waals surface area contributed by atoms with Crippen molar-refractivity contribution in [3.63, 3.8) is 0 Å². The van der Waals surface area contributed by atoms with Crippen LogP contribution in [0.1, 0.15) is 40.8 Å². The molecule has 106 valence electrons. The summed E-state index contributed by atoms with van der Waals surface area (Å²) in [5, 5.41) is 3.44. The molecule has 0 amide bonds. The molecule has 0 radical (unpaired) electrons. The van der Waals surface area contributed by atoms with Crippen LogP contribution in [0.2, 0.25) is 0 Å². The van der Waals surface area contributed by atoms with Gasteiger partial charge in [-0.25, -0.2) is 4.39 Å². The maximum Gasteiger partial charge on any atom is 0.141 e. The predicted octanol–water partition coefficient (Wildman–Crippen LogP) is 3.84. The molecule has 1 atom stereocenters. The number of hydrogen-bond acceptors (Lipinski definition) is 2. The van der Waals surface area contributed by atoms with Gasteiger partial charge in [0.1, 0.15) is 5.82 Å². The van der Waals surface area contributed by atoms with Crippen LogP contribution >= 0.6 is 0 Å². The second kappa shape index (κ2) is 6.14. The lowest BCUT2D eigenvalue weighted by atomic mass is 9.90. The van der Waals surface area contributed by atoms with Gasteiger partial charge in [-0.05, 0) is 55.6 Å². The van der Waals surface area contributed by atoms with Crippen LogP contribution in [0, 0.1) is 26.6 Å². The van der Waals surface area contributed by atoms with E-state index in [4.69, 9.17) is 0 Å². The van der Waals surface area contributed by atoms with Crippen LogP contribution in [0.3, 0.4) is 0 Å². The van der Waals surface area contributed by atoms with E-state index in [0.717, 1.165) is 12.1 Å². The van der Waals surface area contributed by atoms with Crippen LogP contribution in [0.25, 0.3) is 0 Å². The molecule has 0 aliphatic carbocycles. The van der Waals surface area contributed by atoms with Crippen LogP contribution in [0.4, 0.5) is 4.39 Å². The Hall–Kier alpha value is -1.74. The lowest BCUT2D eigenvalue weighted by Gasteiger charge is -2.23. The van der Waals surface area contributed by atoms with Crippen LogP contribution in [-0.2, 0) is 0 Å². The molecule has 0 aliphatic heterocycles. The van der Waals surface area contributed by atoms with Gasteiger partial charge in [0.2, 0.25) is 0 Å². The van der Waals surface area contributed by atoms with E-state index in [2.05, 4.69) is 50.1 Å². The summed E-state index contributed by atoms with van der Waals surface area (Å²) in [6.07, 6.45) is 2.97. The molecule has 0 fully saturated rings. The molecule has 2 aromatic rings. The molecule has 0 spiro atoms. The van der Waals surface area contributed by atoms with Crippen molar-refractivity contribution in [3.05, 3.63) is 64.2 Å². The van der Waals surface area contributed by atoms with Crippen molar-refractivity contribution in [2.24, 2.45) is 0 Å². The fourth-order valence-electron chi connectivity index (χ4n) is 2.82. The number of benzene rings is 1. The average Bonchev–Trinajstić information content (AvgIpc) is 2.36. The molecule has 2 nitrogen and oxygen atoms in total. The van der Waals surface area contributed by atoms with E-state index in [1.54, 1.807) is 12.3 Å². The van der Waals surface area contributed by atoms with Gasteiger partial charge in [-0.2, -0.15) is 0 Å². The first kappa shape index (κ1) is 14.7. The summed E-state index contributed by atoms with van der Waals surface area (Å²) in [6.45, 7) is 9.17. The molecule has 1 heterocycles. The molecule has 1 aromatic carbocycles. The average molecular weight is 272 g/mol. The Bertz CT molecular complexity index is 585. The smallest absolute Gasteiger partial charge is 0.141 e. The van der Waals surface area contributed by atoms with Gasteiger partial charge in [0.25, 0.3) is 0 Å². The molecule has 0 bridgehead atoms. The van der Waals surface area contributed by atoms with Gasteiger partial charge in [-0.1, -0.05) is 24.6 Å². The van der Waals surface area contributed by atoms with Crippen molar-refractivity contribution in [1.82, 2.24) is 10.3 Å². The van der Waals surface area contributed by atoms with E-state index in [9.17, 15) is 4.39 Å². The van der Waals surface area contributed by atoms with E-state index < -0.39 is 0 Å². The highest BCUT2D eigenvalue weighted by molar-refractivity contribution is 5.43. The van der Waals surface area contributed by atoms with Gasteiger partial charge in [0.15, 0.2) is 0 Å². The molecule has 0 saturated heterocycles. The molecule has 1 unspecified atom stereocenters. The first-order valence-corrected chi connectivity index (χ1v) is 6.94. The number of nitrogens with zero attached hydrogens (tertiary/aromatic N) is 1. The van der Waals surface area contributed by atoms with Crippen molar-refractivity contribution in [3.8, 4) is 0 Å². The second-order valence-corrected chi connectivity index (χ2v) is 5.24. The SMILES string of the molecule is CCNC(c1cncc(F)c1)c1c(C)cc(C)cc1C. The lowest BCUT2D eigenvalue weighted by Crippen LogP contribution is -2.24. The van der Waals surface area contributed by atoms with Crippen molar-refractivity contribution in [1.29, 1.82) is 0 Å². The third kappa shape index (κ3) is 3.05. The van der Waals surface area contributed by atoms with Crippen molar-refractivity contribution in [2.45, 2.75) is 33.7 Å². The zero-order valence-corrected chi connectivity index (χ0v) is 12.5. The maximum atomic E-state index is 13.5. The molecule has 1 aromatic heterocycles. The van der Waals surface area contributed by atoms with Gasteiger partial charge in [0.05, 0.1) is 12.2 Å². The van der Waals surface area contributed by atoms with Crippen LogP contribution in [0.5, 0.6) is 0 Å². The van der Waals surface area contributed by atoms with E-state index in [-0.39, 0.29) is 11.9 Å². The molecule has 0 aliphatic rings. The summed E-state index contributed by atoms with van der Waals surface area (Å²) in [4.78, 5) is 3.97. The first-order chi connectivity index (χ1) is 9.52. The normalized spacial score (nSPS) is 12.4. The fourth-order valence-corrected chi connectivity index (χ4v) is 2.82. The standard InChI is InChI=1S/C17H21FN2/c1-5-20-17(14-8-15(18)10-19-9-14)16-12(3)6-11(2)7-13(16)4/h6-10,17,20H,5H2,1-4H3. The van der Waals surface area contributed by atoms with E-state index >= 15 is 0 Å². The zero-order valence-electron chi connectivity index (χ0n) is 12.5. The third-order valence-electron chi connectivity index (χ3n) is 3.49. The van der Waals surface area contributed by atoms with Crippen LogP contribution < -0.4 is 5.32 Å². The molecular formula is C17H21FN2. The largest absolute Gasteiger partial charge is 0.306 e. The van der Waals surface area contributed by atoms with Gasteiger partial charge < -0.3 is 5.32 Å². The number of aryl methyl sites for hydroxylation is 3. The second-order valence-electron chi connectivity index (χ2n) is 5.24. The zero-order chi connectivity index (χ0) is 14.7. The summed E-state index contributed by atoms with van der Waals surface area (Å²) in [6, 6.07) is 5.86. The van der Waals surface area contributed by atoms with E-state index in [1.165, 1.54) is 28.5 Å². The third-order valence-corrected chi connectivity index (χ3v) is 3.49. The van der Waals surface area contributed by atoms with Crippen molar-refractivity contribution >= 4 is 0 Å². The Morgan fingerprint density at radius 3 is 2.30 bits per heavy atom. The number of aromatic nitrogens is 1. The highest BCUT2D eigenvalue weighted by atomic mass is 19.1. The number of halogens is 1. The minimum atomic E-state index is -0.298. The highest BCUT2D eigenvalue weighted by Crippen LogP contribution is 2.28. The van der Waals surface area contributed by atoms with E-state index in [0.29, 0.717) is 0 Å². The molecule has 0 saturated carbocycles. The first-order valence-electron chi connectivity index (χ1n) is 6.94. The summed E-state index contributed by atoms with van der Waals surface area (Å²) < 4.78 is 13.5. The maximum absolute atomic E-state index is 13.5. The Kier molecular flexibility index (Phi) is 4.50. The Morgan fingerprint density at radius 2 is 1.75 bits per heavy atom. The molecular weight excluding hydrogens is 251 g/mol. The summed E-state index contributed by atoms with van der Waals surface area (Å²) in [7, 11) is 0. The number of rotatable bonds is 4. The Morgan fingerprint density at radius 1 is 1.10 bits per heavy atom. The summed E-state index contributed by atoms with van der Waals surface area (Å²) >= 11 is 0. The van der Waals surface area contributed by atoms with Gasteiger partial charge >= 0.3 is 0 Å². The van der Waals surface area contributed by atoms with Gasteiger partial charge in [-0.15, -0.1) is 0 Å². The Labute approximate surface area is 120 Å². The van der Waals surface area contributed by atoms with Crippen LogP contribution in [0.15, 0.2) is 30.6 Å². The van der Waals surface area contributed by atoms with Crippen molar-refractivity contribution in [2.75, 3.05) is 6.54 Å². The monoisotopic (exact) mass is 272 g/mol. The number of pyridine rings is 1. The number of nitrogens with one attached hydrogen (secondary N) is 1. The minimum Gasteiger partial charge on any atom is -0.306 e. The van der Waals surface area contributed by atoms with E-state index in [1.807, 2.05) is 0 Å². The molecule has 20 heavy (non-hydrogen) atoms. The molecule has 1 N–H and O–H groups in total. The minimum absolute atomic E-state index is 0.0243. The summed E-state index contributed by atoms with van der Waals surface area (Å²) in [5.74, 6) is -0.298. The topological polar surface area (TPSA) is 24.9 Å². The lowest BCUT2D eigenvalue weighted by molar-refractivity contribution is 0.593. The predicted molar refractivity (Wildman–Crippen MR) is 80.4 cm³/mol. The highest BCUT2D eigenvalue weighted by Gasteiger charge is 2.18. The molecule has 3 heteroatoms. The van der Waals surface area contributed by atoms with Gasteiger partial charge in [-0.3, -0.25) is 4.98 Å².